The lowest BCUT2D eigenvalue weighted by Gasteiger charge is -2.23. The van der Waals surface area contributed by atoms with Crippen LogP contribution in [0.4, 0.5) is 0 Å². The van der Waals surface area contributed by atoms with E-state index in [2.05, 4.69) is 35.8 Å². The summed E-state index contributed by atoms with van der Waals surface area (Å²) in [4.78, 5) is 2.51. The Hall–Kier alpha value is -0.390. The van der Waals surface area contributed by atoms with Gasteiger partial charge in [0, 0.05) is 22.4 Å². The summed E-state index contributed by atoms with van der Waals surface area (Å²) >= 11 is 9.41. The standard InChI is InChI=1S/C14H18ClNOS2/c1-2-10(7-8-17)16-14(11-4-3-9-18-11)12-5-6-13(15)19-12/h3-6,9-10,14,16-17H,2,7-8H2,1H3. The predicted octanol–water partition coefficient (Wildman–Crippen LogP) is 4.30. The normalized spacial score (nSPS) is 14.5. The fourth-order valence-electron chi connectivity index (χ4n) is 2.04. The number of thiophene rings is 2. The molecule has 0 aromatic carbocycles. The minimum Gasteiger partial charge on any atom is -0.396 e. The van der Waals surface area contributed by atoms with E-state index in [0.29, 0.717) is 6.04 Å². The summed E-state index contributed by atoms with van der Waals surface area (Å²) in [6, 6.07) is 8.72. The minimum atomic E-state index is 0.175. The molecule has 2 nitrogen and oxygen atoms in total. The van der Waals surface area contributed by atoms with E-state index in [1.54, 1.807) is 22.7 Å². The van der Waals surface area contributed by atoms with Crippen LogP contribution in [-0.4, -0.2) is 17.8 Å². The van der Waals surface area contributed by atoms with Crippen LogP contribution in [0, 0.1) is 0 Å². The van der Waals surface area contributed by atoms with Crippen LogP contribution in [0.2, 0.25) is 4.34 Å². The highest BCUT2D eigenvalue weighted by molar-refractivity contribution is 7.16. The molecule has 0 radical (unpaired) electrons. The highest BCUT2D eigenvalue weighted by Gasteiger charge is 2.20. The van der Waals surface area contributed by atoms with Crippen molar-refractivity contribution in [2.75, 3.05) is 6.61 Å². The Kier molecular flexibility index (Phi) is 5.85. The highest BCUT2D eigenvalue weighted by atomic mass is 35.5. The van der Waals surface area contributed by atoms with Crippen LogP contribution >= 0.6 is 34.3 Å². The third-order valence-corrected chi connectivity index (χ3v) is 5.31. The molecule has 0 aliphatic rings. The Balaban J connectivity index is 2.20. The topological polar surface area (TPSA) is 32.3 Å². The van der Waals surface area contributed by atoms with Gasteiger partial charge in [0.05, 0.1) is 10.4 Å². The molecule has 0 fully saturated rings. The lowest BCUT2D eigenvalue weighted by Crippen LogP contribution is -2.33. The average molecular weight is 316 g/mol. The summed E-state index contributed by atoms with van der Waals surface area (Å²) in [6.45, 7) is 2.36. The summed E-state index contributed by atoms with van der Waals surface area (Å²) < 4.78 is 0.813. The average Bonchev–Trinajstić information content (AvgIpc) is 3.06. The van der Waals surface area contributed by atoms with Gasteiger partial charge in [-0.05, 0) is 36.4 Å². The molecule has 0 aliphatic heterocycles. The molecule has 2 aromatic rings. The summed E-state index contributed by atoms with van der Waals surface area (Å²) in [5.74, 6) is 0. The quantitative estimate of drug-likeness (QED) is 0.798. The molecule has 0 amide bonds. The van der Waals surface area contributed by atoms with E-state index in [-0.39, 0.29) is 12.6 Å². The van der Waals surface area contributed by atoms with Gasteiger partial charge in [-0.3, -0.25) is 0 Å². The smallest absolute Gasteiger partial charge is 0.0931 e. The lowest BCUT2D eigenvalue weighted by atomic mass is 10.1. The third-order valence-electron chi connectivity index (χ3n) is 3.08. The molecule has 2 atom stereocenters. The van der Waals surface area contributed by atoms with Crippen molar-refractivity contribution in [2.24, 2.45) is 0 Å². The van der Waals surface area contributed by atoms with E-state index in [1.807, 2.05) is 6.07 Å². The molecule has 0 bridgehead atoms. The Morgan fingerprint density at radius 1 is 1.32 bits per heavy atom. The molecule has 2 N–H and O–H groups in total. The molecule has 0 aliphatic carbocycles. The van der Waals surface area contributed by atoms with Crippen molar-refractivity contribution in [3.63, 3.8) is 0 Å². The zero-order valence-corrected chi connectivity index (χ0v) is 13.2. The summed E-state index contributed by atoms with van der Waals surface area (Å²) in [7, 11) is 0. The third kappa shape index (κ3) is 4.04. The fourth-order valence-corrected chi connectivity index (χ4v) is 4.06. The summed E-state index contributed by atoms with van der Waals surface area (Å²) in [5, 5.41) is 14.9. The molecule has 0 spiro atoms. The van der Waals surface area contributed by atoms with E-state index in [0.717, 1.165) is 17.2 Å². The van der Waals surface area contributed by atoms with E-state index in [1.165, 1.54) is 9.75 Å². The SMILES string of the molecule is CCC(CCO)NC(c1cccs1)c1ccc(Cl)s1. The number of aliphatic hydroxyl groups is 1. The maximum absolute atomic E-state index is 9.13. The zero-order chi connectivity index (χ0) is 13.7. The number of nitrogens with one attached hydrogen (secondary N) is 1. The molecule has 2 heterocycles. The van der Waals surface area contributed by atoms with E-state index in [4.69, 9.17) is 16.7 Å². The zero-order valence-electron chi connectivity index (χ0n) is 10.8. The second kappa shape index (κ2) is 7.41. The van der Waals surface area contributed by atoms with Crippen LogP contribution in [0.15, 0.2) is 29.6 Å². The highest BCUT2D eigenvalue weighted by Crippen LogP contribution is 2.33. The second-order valence-corrected chi connectivity index (χ2v) is 7.10. The van der Waals surface area contributed by atoms with Gasteiger partial charge in [-0.25, -0.2) is 0 Å². The number of aliphatic hydroxyl groups excluding tert-OH is 1. The van der Waals surface area contributed by atoms with E-state index >= 15 is 0 Å². The molecule has 2 aromatic heterocycles. The van der Waals surface area contributed by atoms with Gasteiger partial charge in [-0.2, -0.15) is 0 Å². The second-order valence-electron chi connectivity index (χ2n) is 4.37. The van der Waals surface area contributed by atoms with Crippen molar-refractivity contribution in [3.8, 4) is 0 Å². The summed E-state index contributed by atoms with van der Waals surface area (Å²) in [6.07, 6.45) is 1.78. The van der Waals surface area contributed by atoms with Gasteiger partial charge in [-0.1, -0.05) is 24.6 Å². The molecular weight excluding hydrogens is 298 g/mol. The van der Waals surface area contributed by atoms with Crippen molar-refractivity contribution in [1.82, 2.24) is 5.32 Å². The van der Waals surface area contributed by atoms with Crippen molar-refractivity contribution < 1.29 is 5.11 Å². The van der Waals surface area contributed by atoms with Crippen LogP contribution < -0.4 is 5.32 Å². The predicted molar refractivity (Wildman–Crippen MR) is 84.4 cm³/mol. The maximum atomic E-state index is 9.13. The number of halogens is 1. The Morgan fingerprint density at radius 2 is 2.16 bits per heavy atom. The molecule has 2 rings (SSSR count). The van der Waals surface area contributed by atoms with E-state index < -0.39 is 0 Å². The monoisotopic (exact) mass is 315 g/mol. The molecule has 0 saturated heterocycles. The van der Waals surface area contributed by atoms with Crippen molar-refractivity contribution >= 4 is 34.3 Å². The molecular formula is C14H18ClNOS2. The van der Waals surface area contributed by atoms with Gasteiger partial charge in [0.25, 0.3) is 0 Å². The molecule has 104 valence electrons. The number of hydrogen-bond acceptors (Lipinski definition) is 4. The molecule has 19 heavy (non-hydrogen) atoms. The molecule has 5 heteroatoms. The van der Waals surface area contributed by atoms with Gasteiger partial charge in [-0.15, -0.1) is 22.7 Å². The van der Waals surface area contributed by atoms with Crippen LogP contribution in [0.1, 0.15) is 35.6 Å². The van der Waals surface area contributed by atoms with Gasteiger partial charge in [0.1, 0.15) is 0 Å². The molecule has 0 saturated carbocycles. The van der Waals surface area contributed by atoms with Gasteiger partial charge >= 0.3 is 0 Å². The maximum Gasteiger partial charge on any atom is 0.0931 e. The van der Waals surface area contributed by atoms with Gasteiger partial charge in [0.15, 0.2) is 0 Å². The van der Waals surface area contributed by atoms with Crippen LogP contribution in [0.3, 0.4) is 0 Å². The first-order valence-corrected chi connectivity index (χ1v) is 8.47. The minimum absolute atomic E-state index is 0.175. The van der Waals surface area contributed by atoms with Crippen LogP contribution in [-0.2, 0) is 0 Å². The van der Waals surface area contributed by atoms with Crippen LogP contribution in [0.25, 0.3) is 0 Å². The number of rotatable bonds is 7. The van der Waals surface area contributed by atoms with Crippen LogP contribution in [0.5, 0.6) is 0 Å². The largest absolute Gasteiger partial charge is 0.396 e. The van der Waals surface area contributed by atoms with Crippen molar-refractivity contribution in [1.29, 1.82) is 0 Å². The Morgan fingerprint density at radius 3 is 2.68 bits per heavy atom. The summed E-state index contributed by atoms with van der Waals surface area (Å²) in [5.41, 5.74) is 0. The Bertz CT molecular complexity index is 483. The van der Waals surface area contributed by atoms with E-state index in [9.17, 15) is 0 Å². The van der Waals surface area contributed by atoms with Crippen molar-refractivity contribution in [2.45, 2.75) is 31.8 Å². The fraction of sp³-hybridized carbons (Fsp3) is 0.429. The lowest BCUT2D eigenvalue weighted by molar-refractivity contribution is 0.259. The number of hydrogen-bond donors (Lipinski definition) is 2. The molecule has 2 unspecified atom stereocenters. The first-order valence-electron chi connectivity index (χ1n) is 6.40. The first-order chi connectivity index (χ1) is 9.24. The Labute approximate surface area is 127 Å². The van der Waals surface area contributed by atoms with Crippen molar-refractivity contribution in [3.05, 3.63) is 43.7 Å². The first kappa shape index (κ1) is 15.0. The van der Waals surface area contributed by atoms with Gasteiger partial charge in [0.2, 0.25) is 0 Å². The van der Waals surface area contributed by atoms with Gasteiger partial charge < -0.3 is 10.4 Å².